The van der Waals surface area contributed by atoms with Gasteiger partial charge in [0.05, 0.1) is 0 Å². The largest absolute Gasteiger partial charge is 0.549 e. The molecule has 0 bridgehead atoms. The summed E-state index contributed by atoms with van der Waals surface area (Å²) in [5.41, 5.74) is 0. The minimum absolute atomic E-state index is 0. The van der Waals surface area contributed by atoms with E-state index in [0.717, 1.165) is 0 Å². The van der Waals surface area contributed by atoms with Crippen molar-refractivity contribution >= 4 is 33.9 Å². The molecule has 16 heavy (non-hydrogen) atoms. The Hall–Kier alpha value is 0.580. The summed E-state index contributed by atoms with van der Waals surface area (Å²) in [6.45, 7) is 0. The lowest BCUT2D eigenvalue weighted by Gasteiger charge is -1.73. The fraction of sp³-hybridized carbons (Fsp3) is 0. The van der Waals surface area contributed by atoms with Crippen LogP contribution in [0.5, 0.6) is 0 Å². The summed E-state index contributed by atoms with van der Waals surface area (Å²) in [5, 5.41) is 0. The summed E-state index contributed by atoms with van der Waals surface area (Å²) in [5.74, 6) is 0. The maximum atomic E-state index is 10.1. The highest BCUT2D eigenvalue weighted by molar-refractivity contribution is 7.46. The van der Waals surface area contributed by atoms with Gasteiger partial charge in [0, 0.05) is 0 Å². The molecule has 1 atom stereocenters. The minimum Gasteiger partial charge on any atom is -0.296 e. The van der Waals surface area contributed by atoms with Crippen LogP contribution in [-0.2, 0) is 13.7 Å². The average Bonchev–Trinajstić information content (AvgIpc) is 1.41. The van der Waals surface area contributed by atoms with Gasteiger partial charge in [-0.15, -0.1) is 25.2 Å². The summed E-state index contributed by atoms with van der Waals surface area (Å²) in [6, 6.07) is 0. The van der Waals surface area contributed by atoms with Gasteiger partial charge in [0.2, 0.25) is 0 Å². The smallest absolute Gasteiger partial charge is 0.296 e. The van der Waals surface area contributed by atoms with E-state index in [1.165, 1.54) is 0 Å². The molecule has 0 aromatic rings. The van der Waals surface area contributed by atoms with E-state index >= 15 is 0 Å². The van der Waals surface area contributed by atoms with Crippen LogP contribution in [0.25, 0.3) is 0 Å². The quantitative estimate of drug-likeness (QED) is 0.461. The summed E-state index contributed by atoms with van der Waals surface area (Å²) in [4.78, 5) is 20.2. The van der Waals surface area contributed by atoms with Crippen molar-refractivity contribution in [2.75, 3.05) is 0 Å². The molecule has 0 amide bonds. The van der Waals surface area contributed by atoms with E-state index in [4.69, 9.17) is 28.4 Å². The Morgan fingerprint density at radius 2 is 0.562 bits per heavy atom. The first-order valence-electron chi connectivity index (χ1n) is 2.16. The first-order valence-corrected chi connectivity index (χ1v) is 6.49. The van der Waals surface area contributed by atoms with Crippen LogP contribution in [0, 0.1) is 0 Å². The minimum atomic E-state index is -5.64. The van der Waals surface area contributed by atoms with Gasteiger partial charge in [0.15, 0.2) is 0 Å². The molecule has 0 aromatic heterocycles. The molecular formula is H6F6O6P4. The molecular weight excluding hydrogens is 334 g/mol. The fourth-order valence-electron chi connectivity index (χ4n) is 0. The third-order valence-electron chi connectivity index (χ3n) is 0. The van der Waals surface area contributed by atoms with Crippen molar-refractivity contribution in [2.24, 2.45) is 0 Å². The van der Waals surface area contributed by atoms with E-state index in [9.17, 15) is 25.2 Å². The first-order chi connectivity index (χ1) is 6.00. The maximum Gasteiger partial charge on any atom is 0.549 e. The highest BCUT2D eigenvalue weighted by atomic mass is 31.2. The van der Waals surface area contributed by atoms with Gasteiger partial charge in [-0.05, 0) is 0 Å². The van der Waals surface area contributed by atoms with Crippen molar-refractivity contribution in [3.05, 3.63) is 0 Å². The van der Waals surface area contributed by atoms with Crippen LogP contribution in [0.15, 0.2) is 0 Å². The Balaban J connectivity index is -0.0000000655. The third kappa shape index (κ3) is 7990. The molecule has 0 aromatic carbocycles. The van der Waals surface area contributed by atoms with Crippen molar-refractivity contribution < 1.29 is 53.6 Å². The molecule has 0 fully saturated rings. The van der Waals surface area contributed by atoms with Crippen molar-refractivity contribution in [3.8, 4) is 0 Å². The van der Waals surface area contributed by atoms with Crippen LogP contribution in [0.3, 0.4) is 0 Å². The lowest BCUT2D eigenvalue weighted by atomic mass is 15.9. The van der Waals surface area contributed by atoms with Crippen LogP contribution >= 0.6 is 33.9 Å². The molecule has 0 aliphatic carbocycles. The van der Waals surface area contributed by atoms with Crippen LogP contribution in [0.4, 0.5) is 25.2 Å². The molecule has 0 saturated carbocycles. The molecule has 0 aliphatic heterocycles. The summed E-state index contributed by atoms with van der Waals surface area (Å²) < 4.78 is 86.1. The van der Waals surface area contributed by atoms with Gasteiger partial charge >= 0.3 is 24.0 Å². The highest BCUT2D eigenvalue weighted by Gasteiger charge is 2.10. The van der Waals surface area contributed by atoms with Crippen molar-refractivity contribution in [3.63, 3.8) is 0 Å². The van der Waals surface area contributed by atoms with Gasteiger partial charge in [-0.2, -0.15) is 9.90 Å². The van der Waals surface area contributed by atoms with E-state index in [-0.39, 0.29) is 9.90 Å². The number of hydrogen-bond donors (Lipinski definition) is 3. The Morgan fingerprint density at radius 1 is 0.562 bits per heavy atom. The second-order valence-corrected chi connectivity index (χ2v) is 3.91. The van der Waals surface area contributed by atoms with E-state index in [0.29, 0.717) is 0 Å². The van der Waals surface area contributed by atoms with Crippen LogP contribution < -0.4 is 0 Å². The SMILES string of the molecule is O=P(O)(F)F.O=P(O)(F)F.O=P(O)(F)F.P. The Bertz CT molecular complexity index is 211. The van der Waals surface area contributed by atoms with Gasteiger partial charge in [-0.25, -0.2) is 13.7 Å². The predicted octanol–water partition coefficient (Wildman–Crippen LogP) is 3.14. The molecule has 0 spiro atoms. The van der Waals surface area contributed by atoms with Gasteiger partial charge in [0.1, 0.15) is 0 Å². The Labute approximate surface area is 88.4 Å². The van der Waals surface area contributed by atoms with Gasteiger partial charge in [0.25, 0.3) is 0 Å². The molecule has 0 aliphatic rings. The standard InChI is InChI=1S/3F2HO2P.H3P/c3*1-5(2,3)4;/h3*(H,3,4);1H3. The third-order valence-corrected chi connectivity index (χ3v) is 0. The van der Waals surface area contributed by atoms with Gasteiger partial charge in [-0.3, -0.25) is 14.7 Å². The first kappa shape index (κ1) is 25.4. The highest BCUT2D eigenvalue weighted by Crippen LogP contribution is 2.43. The van der Waals surface area contributed by atoms with E-state index in [1.54, 1.807) is 0 Å². The second-order valence-electron chi connectivity index (χ2n) is 1.30. The van der Waals surface area contributed by atoms with E-state index in [1.807, 2.05) is 0 Å². The second kappa shape index (κ2) is 9.59. The molecule has 6 nitrogen and oxygen atoms in total. The molecule has 1 unspecified atom stereocenters. The zero-order chi connectivity index (χ0) is 13.5. The number of hydrogen-bond acceptors (Lipinski definition) is 3. The molecule has 0 heterocycles. The zero-order valence-corrected chi connectivity index (χ0v) is 11.0. The normalized spacial score (nSPS) is 11.1. The fourth-order valence-corrected chi connectivity index (χ4v) is 0. The van der Waals surface area contributed by atoms with Gasteiger partial charge < -0.3 is 0 Å². The zero-order valence-electron chi connectivity index (χ0n) is 6.88. The maximum absolute atomic E-state index is 10.1. The van der Waals surface area contributed by atoms with E-state index in [2.05, 4.69) is 0 Å². The number of halogens is 6. The Kier molecular flexibility index (Phi) is 15.2. The number of rotatable bonds is 0. The molecule has 104 valence electrons. The lowest BCUT2D eigenvalue weighted by molar-refractivity contribution is 0.374. The van der Waals surface area contributed by atoms with Crippen molar-refractivity contribution in [1.82, 2.24) is 0 Å². The molecule has 0 rings (SSSR count). The van der Waals surface area contributed by atoms with E-state index < -0.39 is 24.0 Å². The molecule has 16 heteroatoms. The van der Waals surface area contributed by atoms with Gasteiger partial charge in [-0.1, -0.05) is 0 Å². The average molecular weight is 340 g/mol. The summed E-state index contributed by atoms with van der Waals surface area (Å²) in [7, 11) is -16.9. The van der Waals surface area contributed by atoms with Crippen LogP contribution in [-0.4, -0.2) is 14.7 Å². The van der Waals surface area contributed by atoms with Crippen molar-refractivity contribution in [2.45, 2.75) is 0 Å². The molecule has 3 N–H and O–H groups in total. The van der Waals surface area contributed by atoms with Crippen LogP contribution in [0.1, 0.15) is 0 Å². The monoisotopic (exact) mass is 340 g/mol. The van der Waals surface area contributed by atoms with Crippen molar-refractivity contribution in [1.29, 1.82) is 0 Å². The molecule has 0 saturated heterocycles. The molecule has 0 radical (unpaired) electrons. The summed E-state index contributed by atoms with van der Waals surface area (Å²) >= 11 is 0. The van der Waals surface area contributed by atoms with Crippen LogP contribution in [0.2, 0.25) is 0 Å². The Morgan fingerprint density at radius 3 is 0.562 bits per heavy atom. The lowest BCUT2D eigenvalue weighted by Crippen LogP contribution is -1.45. The topological polar surface area (TPSA) is 112 Å². The summed E-state index contributed by atoms with van der Waals surface area (Å²) in [6.07, 6.45) is 0. The predicted molar refractivity (Wildman–Crippen MR) is 47.2 cm³/mol.